The third-order valence-electron chi connectivity index (χ3n) is 3.65. The van der Waals surface area contributed by atoms with Crippen LogP contribution in [0.1, 0.15) is 11.1 Å². The highest BCUT2D eigenvalue weighted by atomic mass is 32.2. The summed E-state index contributed by atoms with van der Waals surface area (Å²) in [6.45, 7) is 3.56. The Morgan fingerprint density at radius 1 is 1.17 bits per heavy atom. The zero-order valence-electron chi connectivity index (χ0n) is 14.0. The highest BCUT2D eigenvalue weighted by Crippen LogP contribution is 2.07. The van der Waals surface area contributed by atoms with Gasteiger partial charge in [-0.3, -0.25) is 9.59 Å². The molecule has 2 amide bonds. The van der Waals surface area contributed by atoms with Crippen molar-refractivity contribution in [3.63, 3.8) is 0 Å². The first-order valence-corrected chi connectivity index (χ1v) is 9.11. The summed E-state index contributed by atoms with van der Waals surface area (Å²) >= 11 is 1.35. The second-order valence-corrected chi connectivity index (χ2v) is 6.50. The van der Waals surface area contributed by atoms with Gasteiger partial charge in [0.1, 0.15) is 0 Å². The van der Waals surface area contributed by atoms with Crippen molar-refractivity contribution < 1.29 is 19.1 Å². The molecule has 7 heteroatoms. The monoisotopic (exact) mass is 352 g/mol. The van der Waals surface area contributed by atoms with Crippen molar-refractivity contribution >= 4 is 23.6 Å². The lowest BCUT2D eigenvalue weighted by Crippen LogP contribution is -2.41. The molecule has 0 aliphatic carbocycles. The van der Waals surface area contributed by atoms with E-state index < -0.39 is 0 Å². The normalized spacial score (nSPS) is 14.5. The molecule has 1 N–H and O–H groups in total. The zero-order valence-corrected chi connectivity index (χ0v) is 14.8. The fraction of sp³-hybridized carbons (Fsp3) is 0.529. The molecule has 0 radical (unpaired) electrons. The second-order valence-electron chi connectivity index (χ2n) is 5.51. The summed E-state index contributed by atoms with van der Waals surface area (Å²) in [6, 6.07) is 7.93. The van der Waals surface area contributed by atoms with Crippen LogP contribution < -0.4 is 5.32 Å². The Morgan fingerprint density at radius 3 is 2.50 bits per heavy atom. The first-order chi connectivity index (χ1) is 11.7. The van der Waals surface area contributed by atoms with Crippen molar-refractivity contribution in [2.24, 2.45) is 0 Å². The lowest BCUT2D eigenvalue weighted by Gasteiger charge is -2.26. The van der Waals surface area contributed by atoms with Gasteiger partial charge in [0.2, 0.25) is 11.8 Å². The summed E-state index contributed by atoms with van der Waals surface area (Å²) in [4.78, 5) is 25.6. The molecule has 6 nitrogen and oxygen atoms in total. The Labute approximate surface area is 146 Å². The Kier molecular flexibility index (Phi) is 8.07. The molecule has 1 aromatic carbocycles. The van der Waals surface area contributed by atoms with Crippen molar-refractivity contribution in [3.05, 3.63) is 35.4 Å². The molecule has 0 saturated carbocycles. The van der Waals surface area contributed by atoms with Gasteiger partial charge in [-0.2, -0.15) is 0 Å². The molecule has 132 valence electrons. The van der Waals surface area contributed by atoms with Gasteiger partial charge in [-0.15, -0.1) is 11.8 Å². The van der Waals surface area contributed by atoms with E-state index in [1.807, 2.05) is 24.3 Å². The van der Waals surface area contributed by atoms with E-state index >= 15 is 0 Å². The summed E-state index contributed by atoms with van der Waals surface area (Å²) < 4.78 is 10.3. The molecule has 1 heterocycles. The van der Waals surface area contributed by atoms with Crippen LogP contribution in [0.2, 0.25) is 0 Å². The standard InChI is InChI=1S/C17H24N2O4S/c1-22-11-15-4-2-14(3-5-15)10-18-16(20)12-24-13-17(21)19-6-8-23-9-7-19/h2-5H,6-13H2,1H3,(H,18,20). The predicted molar refractivity (Wildman–Crippen MR) is 93.7 cm³/mol. The van der Waals surface area contributed by atoms with Crippen molar-refractivity contribution in [2.45, 2.75) is 13.2 Å². The lowest BCUT2D eigenvalue weighted by molar-refractivity contribution is -0.132. The largest absolute Gasteiger partial charge is 0.380 e. The molecular formula is C17H24N2O4S. The van der Waals surface area contributed by atoms with Crippen molar-refractivity contribution in [1.29, 1.82) is 0 Å². The van der Waals surface area contributed by atoms with E-state index in [-0.39, 0.29) is 17.6 Å². The van der Waals surface area contributed by atoms with Gasteiger partial charge in [-0.1, -0.05) is 24.3 Å². The van der Waals surface area contributed by atoms with Gasteiger partial charge in [0.25, 0.3) is 0 Å². The topological polar surface area (TPSA) is 67.9 Å². The van der Waals surface area contributed by atoms with Crippen LogP contribution in [0.5, 0.6) is 0 Å². The number of thioether (sulfide) groups is 1. The van der Waals surface area contributed by atoms with E-state index in [0.29, 0.717) is 45.2 Å². The molecular weight excluding hydrogens is 328 g/mol. The van der Waals surface area contributed by atoms with Gasteiger partial charge >= 0.3 is 0 Å². The van der Waals surface area contributed by atoms with Crippen LogP contribution in [0, 0.1) is 0 Å². The third kappa shape index (κ3) is 6.51. The zero-order chi connectivity index (χ0) is 17.2. The predicted octanol–water partition coefficient (Wildman–Crippen LogP) is 1.04. The molecule has 0 aromatic heterocycles. The second kappa shape index (κ2) is 10.3. The first-order valence-electron chi connectivity index (χ1n) is 7.96. The number of amides is 2. The van der Waals surface area contributed by atoms with Gasteiger partial charge in [0, 0.05) is 26.7 Å². The molecule has 2 rings (SSSR count). The smallest absolute Gasteiger partial charge is 0.232 e. The molecule has 0 atom stereocenters. The van der Waals surface area contributed by atoms with Crippen LogP contribution in [0.15, 0.2) is 24.3 Å². The van der Waals surface area contributed by atoms with Gasteiger partial charge in [0.15, 0.2) is 0 Å². The number of benzene rings is 1. The van der Waals surface area contributed by atoms with E-state index in [4.69, 9.17) is 9.47 Å². The number of hydrogen-bond donors (Lipinski definition) is 1. The summed E-state index contributed by atoms with van der Waals surface area (Å²) in [5.41, 5.74) is 2.14. The van der Waals surface area contributed by atoms with E-state index in [9.17, 15) is 9.59 Å². The van der Waals surface area contributed by atoms with Crippen molar-refractivity contribution in [3.8, 4) is 0 Å². The molecule has 1 saturated heterocycles. The molecule has 24 heavy (non-hydrogen) atoms. The summed E-state index contributed by atoms with van der Waals surface area (Å²) in [7, 11) is 1.66. The number of nitrogens with zero attached hydrogens (tertiary/aromatic N) is 1. The van der Waals surface area contributed by atoms with Crippen LogP contribution >= 0.6 is 11.8 Å². The number of methoxy groups -OCH3 is 1. The van der Waals surface area contributed by atoms with Gasteiger partial charge in [-0.25, -0.2) is 0 Å². The maximum Gasteiger partial charge on any atom is 0.232 e. The number of morpholine rings is 1. The Morgan fingerprint density at radius 2 is 1.83 bits per heavy atom. The van der Waals surface area contributed by atoms with E-state index in [2.05, 4.69) is 5.32 Å². The first kappa shape index (κ1) is 18.8. The fourth-order valence-corrected chi connectivity index (χ4v) is 3.05. The summed E-state index contributed by atoms with van der Waals surface area (Å²) in [5.74, 6) is 0.636. The van der Waals surface area contributed by atoms with E-state index in [1.54, 1.807) is 12.0 Å². The Bertz CT molecular complexity index is 530. The summed E-state index contributed by atoms with van der Waals surface area (Å²) in [6.07, 6.45) is 0. The average Bonchev–Trinajstić information content (AvgIpc) is 2.62. The Hall–Kier alpha value is -1.57. The molecule has 0 bridgehead atoms. The van der Waals surface area contributed by atoms with Crippen LogP contribution in [-0.2, 0) is 32.2 Å². The highest BCUT2D eigenvalue weighted by molar-refractivity contribution is 8.00. The van der Waals surface area contributed by atoms with Gasteiger partial charge in [0.05, 0.1) is 31.3 Å². The molecule has 1 aromatic rings. The minimum absolute atomic E-state index is 0.0595. The van der Waals surface area contributed by atoms with Gasteiger partial charge < -0.3 is 19.7 Å². The maximum absolute atomic E-state index is 12.0. The van der Waals surface area contributed by atoms with Crippen LogP contribution in [0.3, 0.4) is 0 Å². The number of nitrogens with one attached hydrogen (secondary N) is 1. The van der Waals surface area contributed by atoms with Crippen molar-refractivity contribution in [2.75, 3.05) is 44.9 Å². The molecule has 1 aliphatic rings. The van der Waals surface area contributed by atoms with Gasteiger partial charge in [-0.05, 0) is 11.1 Å². The minimum atomic E-state index is -0.0595. The summed E-state index contributed by atoms with van der Waals surface area (Å²) in [5, 5.41) is 2.87. The molecule has 1 aliphatic heterocycles. The average molecular weight is 352 g/mol. The Balaban J connectivity index is 1.61. The van der Waals surface area contributed by atoms with E-state index in [1.165, 1.54) is 11.8 Å². The van der Waals surface area contributed by atoms with Crippen LogP contribution in [0.4, 0.5) is 0 Å². The number of hydrogen-bond acceptors (Lipinski definition) is 5. The maximum atomic E-state index is 12.0. The number of ether oxygens (including phenoxy) is 2. The van der Waals surface area contributed by atoms with Crippen LogP contribution in [-0.4, -0.2) is 61.6 Å². The minimum Gasteiger partial charge on any atom is -0.380 e. The van der Waals surface area contributed by atoms with E-state index in [0.717, 1.165) is 11.1 Å². The quantitative estimate of drug-likeness (QED) is 0.757. The fourth-order valence-electron chi connectivity index (χ4n) is 2.31. The number of carbonyl (C=O) groups is 2. The molecule has 1 fully saturated rings. The SMILES string of the molecule is COCc1ccc(CNC(=O)CSCC(=O)N2CCOCC2)cc1. The number of carbonyl (C=O) groups excluding carboxylic acids is 2. The lowest BCUT2D eigenvalue weighted by atomic mass is 10.1. The number of rotatable bonds is 8. The third-order valence-corrected chi connectivity index (χ3v) is 4.56. The molecule has 0 spiro atoms. The van der Waals surface area contributed by atoms with Crippen molar-refractivity contribution in [1.82, 2.24) is 10.2 Å². The molecule has 0 unspecified atom stereocenters. The van der Waals surface area contributed by atoms with Crippen LogP contribution in [0.25, 0.3) is 0 Å². The highest BCUT2D eigenvalue weighted by Gasteiger charge is 2.16.